The maximum absolute atomic E-state index is 13.3. The second-order valence-corrected chi connectivity index (χ2v) is 28.2. The lowest BCUT2D eigenvalue weighted by Crippen LogP contribution is -2.47. The molecule has 36 nitrogen and oxygen atoms in total. The molecule has 121 heavy (non-hydrogen) atoms. The van der Waals surface area contributed by atoms with Gasteiger partial charge in [-0.25, -0.2) is 19.2 Å². The number of aliphatic carboxylic acids is 1. The Labute approximate surface area is 712 Å². The quantitative estimate of drug-likeness (QED) is 0.0262. The molecule has 3 unspecified atom stereocenters. The normalized spacial score (nSPS) is 12.2. The van der Waals surface area contributed by atoms with E-state index in [1.54, 1.807) is 86.6 Å². The molecule has 0 saturated carbocycles. The lowest BCUT2D eigenvalue weighted by molar-refractivity contribution is -0.143. The molecule has 0 aliphatic carbocycles. The number of ether oxygens (including phenoxy) is 10. The van der Waals surface area contributed by atoms with Crippen LogP contribution in [0, 0.1) is 66.1 Å². The summed E-state index contributed by atoms with van der Waals surface area (Å²) in [5.41, 5.74) is 25.0. The highest BCUT2D eigenvalue weighted by Gasteiger charge is 2.31. The summed E-state index contributed by atoms with van der Waals surface area (Å²) >= 11 is 0. The van der Waals surface area contributed by atoms with Crippen LogP contribution in [0.1, 0.15) is 130 Å². The van der Waals surface area contributed by atoms with Gasteiger partial charge in [-0.1, -0.05) is 104 Å². The largest absolute Gasteiger partial charge is 0.480 e. The minimum absolute atomic E-state index is 0. The summed E-state index contributed by atoms with van der Waals surface area (Å²) in [5, 5.41) is 54.3. The van der Waals surface area contributed by atoms with Gasteiger partial charge in [0.1, 0.15) is 32.2 Å². The Balaban J connectivity index is 0. The summed E-state index contributed by atoms with van der Waals surface area (Å²) in [6, 6.07) is 17.0. The SMILES string of the molecule is C.C#CCOCCOCCOCCOCCOCC(=O)N[C@@H](C(=O)CC(CCCNC(N)=O)C(=O)Nc1ccc(CO)cc1)C(C)C.C#CCOCCOCCOCCOCCOCC(=O)O.CC(C)[C@@H](C)C(=O)CC(CCCNC(N)=O)C(=O)Nc1ccc(CO)cc1.CC(C)[C@@H](N)C(=O)CC(CCCNC(N)=O)C(=O)Nc1ccc(CO)cc1. The third-order valence-corrected chi connectivity index (χ3v) is 17.5. The molecule has 0 bridgehead atoms. The predicted octanol–water partition coefficient (Wildman–Crippen LogP) is 4.98. The van der Waals surface area contributed by atoms with Gasteiger partial charge in [0.15, 0.2) is 11.6 Å². The van der Waals surface area contributed by atoms with Gasteiger partial charge in [0.2, 0.25) is 23.6 Å². The Bertz CT molecular complexity index is 3320. The van der Waals surface area contributed by atoms with E-state index >= 15 is 0 Å². The van der Waals surface area contributed by atoms with Crippen LogP contribution in [0.5, 0.6) is 0 Å². The number of ketones is 3. The fraction of sp³-hybridized carbons (Fsp3) is 0.612. The van der Waals surface area contributed by atoms with E-state index in [1.165, 1.54) is 0 Å². The van der Waals surface area contributed by atoms with Crippen LogP contribution in [0.15, 0.2) is 72.8 Å². The van der Waals surface area contributed by atoms with Crippen LogP contribution in [0.4, 0.5) is 31.4 Å². The first-order valence-electron chi connectivity index (χ1n) is 40.0. The van der Waals surface area contributed by atoms with Gasteiger partial charge in [-0.05, 0) is 109 Å². The number of terminal acetylenes is 2. The number of anilines is 3. The Kier molecular flexibility index (Phi) is 68.6. The van der Waals surface area contributed by atoms with Gasteiger partial charge in [-0.3, -0.25) is 33.6 Å². The number of carbonyl (C=O) groups is 11. The van der Waals surface area contributed by atoms with E-state index in [0.29, 0.717) is 167 Å². The average molecular weight is 1710 g/mol. The van der Waals surface area contributed by atoms with Gasteiger partial charge in [-0.2, -0.15) is 0 Å². The number of rotatable bonds is 64. The number of benzene rings is 3. The number of amides is 10. The summed E-state index contributed by atoms with van der Waals surface area (Å²) in [6.45, 7) is 20.1. The summed E-state index contributed by atoms with van der Waals surface area (Å²) in [7, 11) is 0. The molecule has 0 aromatic heterocycles. The molecule has 682 valence electrons. The highest BCUT2D eigenvalue weighted by molar-refractivity contribution is 5.99. The standard InChI is InChI=1S/C32H50N4O10.C20H31N3O4.C19H30N4O4.C13H22O7.CH4/c1-4-12-42-13-14-43-15-16-44-17-18-45-19-20-46-23-29(39)36-30(24(2)3)28(38)21-26(6-5-11-34-32(33)41)31(40)35-27-9-7-25(22-37)8-10-27;1-13(2)14(3)18(25)11-16(5-4-10-22-20(21)27)19(26)23-17-8-6-15(12-24)7-9-17;1-12(2)17(20)16(25)10-14(4-3-9-22-19(21)27)18(26)23-15-7-5-13(11-24)6-8-15;1-2-3-16-4-5-17-6-7-18-8-9-19-10-11-20-12-13(14)15;/h1,7-10,24,26,30,37H,5-6,11-23H2,2-3H3,(H,35,40)(H,36,39)(H3,33,34,41);6-9,13-14,16,24H,4-5,10-12H2,1-3H3,(H,23,26)(H3,21,22,27);5-8,12,14,17,24H,3-4,9-11,20H2,1-2H3,(H,23,26)(H3,21,22,27);1H,3-12H2,(H,14,15);1H4/t26?,30-;14-,16?;14?,17-;;/m111../s1. The van der Waals surface area contributed by atoms with Crippen molar-refractivity contribution in [1.29, 1.82) is 0 Å². The number of hydrogen-bond acceptors (Lipinski definition) is 25. The average Bonchev–Trinajstić information content (AvgIpc) is 0.864. The fourth-order valence-corrected chi connectivity index (χ4v) is 10.4. The second kappa shape index (κ2) is 73.1. The van der Waals surface area contributed by atoms with Crippen molar-refractivity contribution in [3.63, 3.8) is 0 Å². The first-order chi connectivity index (χ1) is 57.4. The maximum Gasteiger partial charge on any atom is 0.329 e. The number of carboxylic acid groups (broad SMARTS) is 1. The highest BCUT2D eigenvalue weighted by atomic mass is 16.6. The van der Waals surface area contributed by atoms with Crippen molar-refractivity contribution in [2.45, 2.75) is 146 Å². The summed E-state index contributed by atoms with van der Waals surface area (Å²) in [4.78, 5) is 132. The third-order valence-electron chi connectivity index (χ3n) is 17.5. The molecule has 10 amide bonds. The van der Waals surface area contributed by atoms with E-state index in [4.69, 9.17) is 98.5 Å². The van der Waals surface area contributed by atoms with Crippen LogP contribution in [-0.4, -0.2) is 249 Å². The van der Waals surface area contributed by atoms with E-state index < -0.39 is 59.8 Å². The van der Waals surface area contributed by atoms with Crippen LogP contribution in [0.3, 0.4) is 0 Å². The van der Waals surface area contributed by atoms with Gasteiger partial charge < -0.3 is 128 Å². The lowest BCUT2D eigenvalue weighted by atomic mass is 9.86. The molecule has 0 radical (unpaired) electrons. The van der Waals surface area contributed by atoms with Crippen molar-refractivity contribution in [3.05, 3.63) is 89.5 Å². The van der Waals surface area contributed by atoms with Crippen molar-refractivity contribution in [1.82, 2.24) is 21.3 Å². The topological polar surface area (TPSA) is 549 Å². The molecular formula is C85H137N11O25. The number of hydrogen-bond donors (Lipinski definition) is 15. The second-order valence-electron chi connectivity index (χ2n) is 28.2. The molecule has 0 spiro atoms. The number of nitrogens with one attached hydrogen (secondary N) is 7. The van der Waals surface area contributed by atoms with Crippen LogP contribution in [0.25, 0.3) is 0 Å². The van der Waals surface area contributed by atoms with Crippen molar-refractivity contribution < 1.29 is 121 Å². The van der Waals surface area contributed by atoms with Crippen molar-refractivity contribution in [2.75, 3.05) is 168 Å². The van der Waals surface area contributed by atoms with Gasteiger partial charge in [0.05, 0.1) is 138 Å². The molecule has 0 heterocycles. The maximum atomic E-state index is 13.3. The Morgan fingerprint density at radius 2 is 0.669 bits per heavy atom. The minimum Gasteiger partial charge on any atom is -0.480 e. The first kappa shape index (κ1) is 113. The van der Waals surface area contributed by atoms with E-state index in [2.05, 4.69) is 49.1 Å². The van der Waals surface area contributed by atoms with Gasteiger partial charge >= 0.3 is 24.1 Å². The Hall–Kier alpha value is -9.61. The van der Waals surface area contributed by atoms with E-state index in [9.17, 15) is 57.8 Å². The van der Waals surface area contributed by atoms with Crippen LogP contribution in [-0.2, 0) is 106 Å². The summed E-state index contributed by atoms with van der Waals surface area (Å²) < 4.78 is 52.1. The molecule has 36 heteroatoms. The number of Topliss-reactive ketones (excluding diaryl/α,β-unsaturated/α-hetero) is 3. The number of nitrogens with two attached hydrogens (primary N) is 4. The van der Waals surface area contributed by atoms with E-state index in [1.807, 2.05) is 34.6 Å². The minimum atomic E-state index is -0.988. The van der Waals surface area contributed by atoms with Crippen LogP contribution in [0.2, 0.25) is 0 Å². The molecule has 0 aliphatic rings. The van der Waals surface area contributed by atoms with Crippen molar-refractivity contribution in [3.8, 4) is 24.7 Å². The number of urea groups is 3. The van der Waals surface area contributed by atoms with E-state index in [0.717, 1.165) is 11.1 Å². The van der Waals surface area contributed by atoms with Gasteiger partial charge in [0, 0.05) is 79.6 Å². The highest BCUT2D eigenvalue weighted by Crippen LogP contribution is 2.24. The molecule has 0 fully saturated rings. The molecule has 19 N–H and O–H groups in total. The summed E-state index contributed by atoms with van der Waals surface area (Å²) in [5.74, 6) is 0.0845. The molecule has 0 aliphatic heterocycles. The number of carbonyl (C=O) groups excluding carboxylic acids is 10. The molecule has 3 aromatic carbocycles. The van der Waals surface area contributed by atoms with Crippen molar-refractivity contribution in [2.24, 2.45) is 64.4 Å². The van der Waals surface area contributed by atoms with Crippen molar-refractivity contribution >= 4 is 82.1 Å². The zero-order valence-corrected chi connectivity index (χ0v) is 70.7. The van der Waals surface area contributed by atoms with E-state index in [-0.39, 0.29) is 151 Å². The molecule has 3 aromatic rings. The first-order valence-corrected chi connectivity index (χ1v) is 40.0. The number of primary amides is 3. The zero-order chi connectivity index (χ0) is 89.7. The number of aliphatic hydroxyl groups is 3. The van der Waals surface area contributed by atoms with Gasteiger partial charge in [0.25, 0.3) is 0 Å². The Morgan fingerprint density at radius 3 is 0.934 bits per heavy atom. The Morgan fingerprint density at radius 1 is 0.388 bits per heavy atom. The monoisotopic (exact) mass is 1710 g/mol. The zero-order valence-electron chi connectivity index (χ0n) is 70.7. The van der Waals surface area contributed by atoms with Crippen LogP contribution < -0.4 is 60.2 Å². The van der Waals surface area contributed by atoms with Crippen LogP contribution >= 0.6 is 0 Å². The molecular weight excluding hydrogens is 1570 g/mol. The van der Waals surface area contributed by atoms with Gasteiger partial charge in [-0.15, -0.1) is 12.8 Å². The molecule has 3 rings (SSSR count). The summed E-state index contributed by atoms with van der Waals surface area (Å²) in [6.07, 6.45) is 12.8. The fourth-order valence-electron chi connectivity index (χ4n) is 10.4. The lowest BCUT2D eigenvalue weighted by Gasteiger charge is -2.24. The number of aliphatic hydroxyl groups excluding tert-OH is 3. The third kappa shape index (κ3) is 61.4. The molecule has 0 saturated heterocycles. The smallest absolute Gasteiger partial charge is 0.329 e. The molecule has 6 atom stereocenters. The number of carboxylic acids is 1. The predicted molar refractivity (Wildman–Crippen MR) is 457 cm³/mol.